The van der Waals surface area contributed by atoms with Crippen molar-refractivity contribution in [2.24, 2.45) is 0 Å². The van der Waals surface area contributed by atoms with Crippen LogP contribution in [-0.4, -0.2) is 47.9 Å². The van der Waals surface area contributed by atoms with Gasteiger partial charge in [0.2, 0.25) is 0 Å². The second-order valence-electron chi connectivity index (χ2n) is 7.15. The van der Waals surface area contributed by atoms with E-state index in [1.807, 2.05) is 20.8 Å². The second-order valence-corrected chi connectivity index (χ2v) is 8.30. The van der Waals surface area contributed by atoms with Crippen LogP contribution in [-0.2, 0) is 23.8 Å². The van der Waals surface area contributed by atoms with Gasteiger partial charge in [0.15, 0.2) is 0 Å². The summed E-state index contributed by atoms with van der Waals surface area (Å²) in [4.78, 5) is 23.3. The van der Waals surface area contributed by atoms with Gasteiger partial charge in [0, 0.05) is 11.5 Å². The molecule has 1 aliphatic heterocycles. The largest absolute Gasteiger partial charge is 0.466 e. The number of carbonyl (C=O) groups is 2. The molecule has 0 aromatic carbocycles. The Bertz CT molecular complexity index is 391. The monoisotopic (exact) mass is 360 g/mol. The summed E-state index contributed by atoms with van der Waals surface area (Å²) in [5, 5.41) is 0. The Kier molecular flexibility index (Phi) is 9.74. The predicted molar refractivity (Wildman–Crippen MR) is 96.2 cm³/mol. The summed E-state index contributed by atoms with van der Waals surface area (Å²) in [7, 11) is 0. The molecule has 1 fully saturated rings. The van der Waals surface area contributed by atoms with Crippen molar-refractivity contribution >= 4 is 23.7 Å². The zero-order chi connectivity index (χ0) is 18.0. The van der Waals surface area contributed by atoms with E-state index in [0.717, 1.165) is 37.2 Å². The number of rotatable bonds is 10. The smallest absolute Gasteiger partial charge is 0.308 e. The van der Waals surface area contributed by atoms with E-state index in [1.54, 1.807) is 11.8 Å². The van der Waals surface area contributed by atoms with Crippen molar-refractivity contribution < 1.29 is 23.8 Å². The van der Waals surface area contributed by atoms with Crippen LogP contribution < -0.4 is 0 Å². The summed E-state index contributed by atoms with van der Waals surface area (Å²) in [6, 6.07) is 0. The summed E-state index contributed by atoms with van der Waals surface area (Å²) in [5.74, 6) is 1.29. The van der Waals surface area contributed by atoms with Crippen LogP contribution in [0.25, 0.3) is 0 Å². The average molecular weight is 361 g/mol. The number of hydrogen-bond donors (Lipinski definition) is 0. The first-order valence-electron chi connectivity index (χ1n) is 8.91. The molecule has 0 aromatic heterocycles. The Labute approximate surface area is 150 Å². The van der Waals surface area contributed by atoms with E-state index in [1.165, 1.54) is 0 Å². The Hall–Kier alpha value is -0.750. The molecule has 0 saturated carbocycles. The van der Waals surface area contributed by atoms with E-state index in [2.05, 4.69) is 6.92 Å². The van der Waals surface area contributed by atoms with Gasteiger partial charge in [0.05, 0.1) is 31.7 Å². The van der Waals surface area contributed by atoms with Gasteiger partial charge in [-0.2, -0.15) is 11.8 Å². The maximum absolute atomic E-state index is 11.8. The van der Waals surface area contributed by atoms with Crippen molar-refractivity contribution in [3.63, 3.8) is 0 Å². The molecule has 0 N–H and O–H groups in total. The molecule has 0 aromatic rings. The quantitative estimate of drug-likeness (QED) is 0.437. The van der Waals surface area contributed by atoms with Gasteiger partial charge >= 0.3 is 11.9 Å². The second kappa shape index (κ2) is 11.0. The molecular formula is C18H32O5S. The topological polar surface area (TPSA) is 61.8 Å². The first kappa shape index (κ1) is 21.3. The molecule has 1 aliphatic rings. The number of carbonyl (C=O) groups excluding carboxylic acids is 2. The number of esters is 2. The van der Waals surface area contributed by atoms with Crippen LogP contribution in [0.1, 0.15) is 66.2 Å². The van der Waals surface area contributed by atoms with Gasteiger partial charge in [-0.1, -0.05) is 13.3 Å². The van der Waals surface area contributed by atoms with E-state index >= 15 is 0 Å². The molecule has 0 bridgehead atoms. The molecule has 0 unspecified atom stereocenters. The summed E-state index contributed by atoms with van der Waals surface area (Å²) in [6.45, 7) is 8.20. The number of hydrogen-bond acceptors (Lipinski definition) is 6. The van der Waals surface area contributed by atoms with Gasteiger partial charge in [-0.3, -0.25) is 9.59 Å². The molecule has 1 heterocycles. The minimum absolute atomic E-state index is 0.0375. The van der Waals surface area contributed by atoms with Crippen molar-refractivity contribution in [1.82, 2.24) is 0 Å². The Morgan fingerprint density at radius 1 is 1.17 bits per heavy atom. The lowest BCUT2D eigenvalue weighted by atomic mass is 10.1. The molecule has 0 radical (unpaired) electrons. The molecular weight excluding hydrogens is 328 g/mol. The van der Waals surface area contributed by atoms with Gasteiger partial charge in [-0.05, 0) is 40.0 Å². The van der Waals surface area contributed by atoms with Crippen LogP contribution in [0.4, 0.5) is 0 Å². The highest BCUT2D eigenvalue weighted by Crippen LogP contribution is 2.26. The van der Waals surface area contributed by atoms with Crippen LogP contribution >= 0.6 is 11.8 Å². The van der Waals surface area contributed by atoms with Crippen LogP contribution in [0, 0.1) is 0 Å². The fraction of sp³-hybridized carbons (Fsp3) is 0.889. The summed E-state index contributed by atoms with van der Waals surface area (Å²) in [5.41, 5.74) is -0.448. The lowest BCUT2D eigenvalue weighted by Crippen LogP contribution is -2.26. The minimum atomic E-state index is -0.448. The van der Waals surface area contributed by atoms with E-state index in [9.17, 15) is 9.59 Å². The SMILES string of the molecule is CCCCOC(=O)CCSC[C@@H]1CC[C@H](CC(=O)OC(C)(C)C)O1. The minimum Gasteiger partial charge on any atom is -0.466 e. The summed E-state index contributed by atoms with van der Waals surface area (Å²) >= 11 is 1.71. The third-order valence-corrected chi connectivity index (χ3v) is 4.63. The number of unbranched alkanes of at least 4 members (excludes halogenated alkanes) is 1. The maximum atomic E-state index is 11.8. The van der Waals surface area contributed by atoms with E-state index in [0.29, 0.717) is 19.4 Å². The highest BCUT2D eigenvalue weighted by atomic mass is 32.2. The molecule has 0 spiro atoms. The number of thioether (sulfide) groups is 1. The first-order chi connectivity index (χ1) is 11.3. The number of ether oxygens (including phenoxy) is 3. The molecule has 6 heteroatoms. The third kappa shape index (κ3) is 10.2. The lowest BCUT2D eigenvalue weighted by Gasteiger charge is -2.21. The van der Waals surface area contributed by atoms with Gasteiger partial charge in [-0.25, -0.2) is 0 Å². The van der Waals surface area contributed by atoms with Gasteiger partial charge in [0.1, 0.15) is 5.60 Å². The zero-order valence-electron chi connectivity index (χ0n) is 15.5. The van der Waals surface area contributed by atoms with Crippen LogP contribution in [0.15, 0.2) is 0 Å². The Balaban J connectivity index is 2.08. The molecule has 140 valence electrons. The highest BCUT2D eigenvalue weighted by Gasteiger charge is 2.28. The predicted octanol–water partition coefficient (Wildman–Crippen LogP) is 3.73. The van der Waals surface area contributed by atoms with E-state index in [4.69, 9.17) is 14.2 Å². The standard InChI is InChI=1S/C18H32O5S/c1-5-6-10-21-16(19)9-11-24-13-15-8-7-14(22-15)12-17(20)23-18(2,3)4/h14-15H,5-13H2,1-4H3/t14-,15+/m1/s1. The maximum Gasteiger partial charge on any atom is 0.308 e. The van der Waals surface area contributed by atoms with Gasteiger partial charge < -0.3 is 14.2 Å². The van der Waals surface area contributed by atoms with Crippen molar-refractivity contribution in [2.45, 2.75) is 84.0 Å². The normalized spacial score (nSPS) is 20.8. The van der Waals surface area contributed by atoms with Crippen LogP contribution in [0.5, 0.6) is 0 Å². The lowest BCUT2D eigenvalue weighted by molar-refractivity contribution is -0.157. The molecule has 24 heavy (non-hydrogen) atoms. The van der Waals surface area contributed by atoms with E-state index < -0.39 is 5.60 Å². The molecule has 1 saturated heterocycles. The molecule has 0 amide bonds. The molecule has 1 rings (SSSR count). The average Bonchev–Trinajstić information content (AvgIpc) is 2.89. The summed E-state index contributed by atoms with van der Waals surface area (Å²) < 4.78 is 16.3. The van der Waals surface area contributed by atoms with Crippen molar-refractivity contribution in [2.75, 3.05) is 18.1 Å². The van der Waals surface area contributed by atoms with Crippen molar-refractivity contribution in [1.29, 1.82) is 0 Å². The molecule has 0 aliphatic carbocycles. The third-order valence-electron chi connectivity index (χ3n) is 3.53. The van der Waals surface area contributed by atoms with E-state index in [-0.39, 0.29) is 24.1 Å². The zero-order valence-corrected chi connectivity index (χ0v) is 16.3. The van der Waals surface area contributed by atoms with Crippen LogP contribution in [0.3, 0.4) is 0 Å². The Morgan fingerprint density at radius 3 is 2.54 bits per heavy atom. The molecule has 5 nitrogen and oxygen atoms in total. The van der Waals surface area contributed by atoms with Crippen molar-refractivity contribution in [3.05, 3.63) is 0 Å². The highest BCUT2D eigenvalue weighted by molar-refractivity contribution is 7.99. The van der Waals surface area contributed by atoms with Crippen molar-refractivity contribution in [3.8, 4) is 0 Å². The van der Waals surface area contributed by atoms with Crippen LogP contribution in [0.2, 0.25) is 0 Å². The van der Waals surface area contributed by atoms with Gasteiger partial charge in [0.25, 0.3) is 0 Å². The first-order valence-corrected chi connectivity index (χ1v) is 10.1. The Morgan fingerprint density at radius 2 is 1.88 bits per heavy atom. The fourth-order valence-corrected chi connectivity index (χ4v) is 3.38. The fourth-order valence-electron chi connectivity index (χ4n) is 2.39. The molecule has 2 atom stereocenters. The summed E-state index contributed by atoms with van der Waals surface area (Å²) in [6.07, 6.45) is 4.71. The van der Waals surface area contributed by atoms with Gasteiger partial charge in [-0.15, -0.1) is 0 Å².